The van der Waals surface area contributed by atoms with E-state index in [0.717, 1.165) is 0 Å². The smallest absolute Gasteiger partial charge is 0.406 e. The van der Waals surface area contributed by atoms with E-state index in [0.29, 0.717) is 6.42 Å². The lowest BCUT2D eigenvalue weighted by Crippen LogP contribution is -2.11. The van der Waals surface area contributed by atoms with Crippen molar-refractivity contribution >= 4 is 17.0 Å². The first-order valence-corrected chi connectivity index (χ1v) is 2.58. The summed E-state index contributed by atoms with van der Waals surface area (Å²) in [6, 6.07) is 0. The molecule has 0 bridgehead atoms. The Labute approximate surface area is 52.2 Å². The molecule has 0 saturated heterocycles. The van der Waals surface area contributed by atoms with Gasteiger partial charge in [0.15, 0.2) is 0 Å². The van der Waals surface area contributed by atoms with Crippen molar-refractivity contribution in [2.75, 3.05) is 0 Å². The maximum absolute atomic E-state index is 9.80. The van der Waals surface area contributed by atoms with E-state index in [1.807, 2.05) is 0 Å². The molecular formula is C4H7ClO3. The minimum Gasteiger partial charge on any atom is -0.424 e. The van der Waals surface area contributed by atoms with Gasteiger partial charge in [0.2, 0.25) is 6.29 Å². The lowest BCUT2D eigenvalue weighted by molar-refractivity contribution is -0.0434. The minimum absolute atomic E-state index is 0.360. The van der Waals surface area contributed by atoms with Crippen LogP contribution in [0.15, 0.2) is 0 Å². The van der Waals surface area contributed by atoms with Crippen LogP contribution < -0.4 is 0 Å². The molecule has 0 aromatic rings. The highest BCUT2D eigenvalue weighted by Crippen LogP contribution is 1.95. The largest absolute Gasteiger partial charge is 0.424 e. The zero-order valence-corrected chi connectivity index (χ0v) is 5.18. The molecule has 0 amide bonds. The Morgan fingerprint density at radius 3 is 2.62 bits per heavy atom. The Kier molecular flexibility index (Phi) is 3.56. The number of aliphatic hydroxyl groups excluding tert-OH is 1. The van der Waals surface area contributed by atoms with Gasteiger partial charge in [-0.05, 0) is 0 Å². The van der Waals surface area contributed by atoms with Crippen molar-refractivity contribution in [2.45, 2.75) is 19.6 Å². The number of carbonyl (C=O) groups excluding carboxylic acids is 1. The van der Waals surface area contributed by atoms with Gasteiger partial charge in [-0.2, -0.15) is 0 Å². The fourth-order valence-electron chi connectivity index (χ4n) is 0.190. The van der Waals surface area contributed by atoms with Crippen molar-refractivity contribution in [3.05, 3.63) is 0 Å². The molecule has 0 radical (unpaired) electrons. The molecular weight excluding hydrogens is 131 g/mol. The zero-order valence-electron chi connectivity index (χ0n) is 4.43. The molecule has 0 aliphatic heterocycles. The molecule has 0 aliphatic carbocycles. The van der Waals surface area contributed by atoms with E-state index in [1.165, 1.54) is 0 Å². The Balaban J connectivity index is 3.24. The Morgan fingerprint density at radius 1 is 2.00 bits per heavy atom. The molecule has 0 heterocycles. The second kappa shape index (κ2) is 3.69. The van der Waals surface area contributed by atoms with E-state index in [1.54, 1.807) is 6.92 Å². The number of halogens is 1. The Morgan fingerprint density at radius 2 is 2.50 bits per heavy atom. The lowest BCUT2D eigenvalue weighted by Gasteiger charge is -2.03. The third-order valence-electron chi connectivity index (χ3n) is 0.578. The quantitative estimate of drug-likeness (QED) is 0.459. The molecule has 8 heavy (non-hydrogen) atoms. The average Bonchev–Trinajstić information content (AvgIpc) is 1.65. The monoisotopic (exact) mass is 138 g/mol. The number of ether oxygens (including phenoxy) is 1. The molecule has 1 N–H and O–H groups in total. The van der Waals surface area contributed by atoms with Gasteiger partial charge < -0.3 is 9.84 Å². The van der Waals surface area contributed by atoms with Gasteiger partial charge >= 0.3 is 5.43 Å². The van der Waals surface area contributed by atoms with Gasteiger partial charge in [-0.25, -0.2) is 4.79 Å². The van der Waals surface area contributed by atoms with Crippen LogP contribution >= 0.6 is 11.6 Å². The molecule has 0 spiro atoms. The molecule has 48 valence electrons. The van der Waals surface area contributed by atoms with E-state index in [9.17, 15) is 4.79 Å². The van der Waals surface area contributed by atoms with E-state index in [-0.39, 0.29) is 0 Å². The number of hydrogen-bond acceptors (Lipinski definition) is 3. The fourth-order valence-corrected chi connectivity index (χ4v) is 0.293. The maximum Gasteiger partial charge on any atom is 0.406 e. The molecule has 0 saturated carbocycles. The lowest BCUT2D eigenvalue weighted by atomic mass is 10.5. The van der Waals surface area contributed by atoms with Crippen LogP contribution in [-0.4, -0.2) is 16.8 Å². The van der Waals surface area contributed by atoms with Crippen LogP contribution in [0.4, 0.5) is 4.79 Å². The molecule has 0 aliphatic rings. The van der Waals surface area contributed by atoms with Gasteiger partial charge in [-0.3, -0.25) is 0 Å². The SMILES string of the molecule is CCC(O)OC(=O)Cl. The summed E-state index contributed by atoms with van der Waals surface area (Å²) < 4.78 is 4.08. The van der Waals surface area contributed by atoms with Crippen LogP contribution in [0, 0.1) is 0 Å². The van der Waals surface area contributed by atoms with Crippen molar-refractivity contribution < 1.29 is 14.6 Å². The summed E-state index contributed by atoms with van der Waals surface area (Å²) >= 11 is 4.73. The second-order valence-electron chi connectivity index (χ2n) is 1.22. The van der Waals surface area contributed by atoms with Crippen LogP contribution in [0.1, 0.15) is 13.3 Å². The molecule has 3 nitrogen and oxygen atoms in total. The Hall–Kier alpha value is -0.280. The third-order valence-corrected chi connectivity index (χ3v) is 0.667. The van der Waals surface area contributed by atoms with Crippen LogP contribution in [0.5, 0.6) is 0 Å². The highest BCUT2D eigenvalue weighted by Gasteiger charge is 2.03. The van der Waals surface area contributed by atoms with Crippen molar-refractivity contribution in [3.63, 3.8) is 0 Å². The van der Waals surface area contributed by atoms with E-state index < -0.39 is 11.7 Å². The summed E-state index contributed by atoms with van der Waals surface area (Å²) in [6.07, 6.45) is -0.696. The first-order chi connectivity index (χ1) is 3.66. The van der Waals surface area contributed by atoms with Crippen LogP contribution in [-0.2, 0) is 4.74 Å². The highest BCUT2D eigenvalue weighted by molar-refractivity contribution is 6.61. The first kappa shape index (κ1) is 7.72. The molecule has 0 aromatic heterocycles. The van der Waals surface area contributed by atoms with Crippen molar-refractivity contribution in [2.24, 2.45) is 0 Å². The second-order valence-corrected chi connectivity index (χ2v) is 1.53. The van der Waals surface area contributed by atoms with Gasteiger partial charge in [-0.15, -0.1) is 0 Å². The van der Waals surface area contributed by atoms with E-state index >= 15 is 0 Å². The predicted molar refractivity (Wildman–Crippen MR) is 28.6 cm³/mol. The van der Waals surface area contributed by atoms with Crippen molar-refractivity contribution in [3.8, 4) is 0 Å². The van der Waals surface area contributed by atoms with Crippen LogP contribution in [0.2, 0.25) is 0 Å². The third kappa shape index (κ3) is 3.89. The first-order valence-electron chi connectivity index (χ1n) is 2.21. The summed E-state index contributed by atoms with van der Waals surface area (Å²) in [5.74, 6) is 0. The molecule has 4 heteroatoms. The van der Waals surface area contributed by atoms with Crippen molar-refractivity contribution in [1.29, 1.82) is 0 Å². The topological polar surface area (TPSA) is 46.5 Å². The minimum atomic E-state index is -1.06. The van der Waals surface area contributed by atoms with Gasteiger partial charge in [-0.1, -0.05) is 6.92 Å². The highest BCUT2D eigenvalue weighted by atomic mass is 35.5. The molecule has 0 rings (SSSR count). The normalized spacial score (nSPS) is 12.9. The molecule has 1 atom stereocenters. The van der Waals surface area contributed by atoms with Gasteiger partial charge in [0.25, 0.3) is 0 Å². The van der Waals surface area contributed by atoms with Gasteiger partial charge in [0.05, 0.1) is 0 Å². The summed E-state index contributed by atoms with van der Waals surface area (Å²) in [6.45, 7) is 1.67. The number of hydrogen-bond donors (Lipinski definition) is 1. The zero-order chi connectivity index (χ0) is 6.57. The number of rotatable bonds is 2. The fraction of sp³-hybridized carbons (Fsp3) is 0.750. The summed E-state index contributed by atoms with van der Waals surface area (Å²) in [4.78, 5) is 9.80. The summed E-state index contributed by atoms with van der Waals surface area (Å²) in [5, 5.41) is 8.50. The number of aliphatic hydroxyl groups is 1. The average molecular weight is 139 g/mol. The van der Waals surface area contributed by atoms with E-state index in [2.05, 4.69) is 4.74 Å². The van der Waals surface area contributed by atoms with Gasteiger partial charge in [0, 0.05) is 18.0 Å². The molecule has 0 fully saturated rings. The summed E-state index contributed by atoms with van der Waals surface area (Å²) in [5.41, 5.74) is -0.973. The molecule has 1 unspecified atom stereocenters. The van der Waals surface area contributed by atoms with Crippen molar-refractivity contribution in [1.82, 2.24) is 0 Å². The Bertz CT molecular complexity index is 83.4. The van der Waals surface area contributed by atoms with Crippen LogP contribution in [0.3, 0.4) is 0 Å². The van der Waals surface area contributed by atoms with Crippen LogP contribution in [0.25, 0.3) is 0 Å². The van der Waals surface area contributed by atoms with Gasteiger partial charge in [0.1, 0.15) is 0 Å². The molecule has 0 aromatic carbocycles. The standard InChI is InChI=1S/C4H7ClO3/c1-2-3(6)8-4(5)7/h3,6H,2H2,1H3. The summed E-state index contributed by atoms with van der Waals surface area (Å²) in [7, 11) is 0. The maximum atomic E-state index is 9.80. The predicted octanol–water partition coefficient (Wildman–Crippen LogP) is 1.09. The number of carbonyl (C=O) groups is 1. The van der Waals surface area contributed by atoms with E-state index in [4.69, 9.17) is 16.7 Å².